The SMILES string of the molecule is Nc1ccc(S(=O)(=O)Nc2ccccc2C(=O)c2ccccc2)cc1. The molecular formula is C19H16N2O3S. The number of anilines is 2. The number of nitrogen functional groups attached to an aromatic ring is 1. The number of carbonyl (C=O) groups excluding carboxylic acids is 1. The summed E-state index contributed by atoms with van der Waals surface area (Å²) in [5.74, 6) is -0.254. The van der Waals surface area contributed by atoms with Crippen molar-refractivity contribution in [3.63, 3.8) is 0 Å². The fourth-order valence-electron chi connectivity index (χ4n) is 2.37. The zero-order chi connectivity index (χ0) is 17.9. The first-order valence-corrected chi connectivity index (χ1v) is 9.03. The van der Waals surface area contributed by atoms with Crippen LogP contribution >= 0.6 is 0 Å². The number of sulfonamides is 1. The Morgan fingerprint density at radius 3 is 2.08 bits per heavy atom. The van der Waals surface area contributed by atoms with E-state index in [1.165, 1.54) is 24.3 Å². The van der Waals surface area contributed by atoms with Crippen molar-refractivity contribution in [1.29, 1.82) is 0 Å². The molecule has 0 aliphatic heterocycles. The Balaban J connectivity index is 1.96. The zero-order valence-corrected chi connectivity index (χ0v) is 14.0. The number of carbonyl (C=O) groups is 1. The van der Waals surface area contributed by atoms with Gasteiger partial charge in [-0.2, -0.15) is 0 Å². The minimum absolute atomic E-state index is 0.0728. The van der Waals surface area contributed by atoms with Crippen molar-refractivity contribution in [2.24, 2.45) is 0 Å². The number of para-hydroxylation sites is 1. The topological polar surface area (TPSA) is 89.3 Å². The van der Waals surface area contributed by atoms with Gasteiger partial charge in [-0.1, -0.05) is 42.5 Å². The summed E-state index contributed by atoms with van der Waals surface area (Å²) >= 11 is 0. The molecular weight excluding hydrogens is 336 g/mol. The summed E-state index contributed by atoms with van der Waals surface area (Å²) in [4.78, 5) is 12.8. The molecule has 0 bridgehead atoms. The predicted octanol–water partition coefficient (Wildman–Crippen LogP) is 3.30. The molecule has 3 aromatic rings. The lowest BCUT2D eigenvalue weighted by Gasteiger charge is -2.12. The molecule has 0 heterocycles. The highest BCUT2D eigenvalue weighted by molar-refractivity contribution is 7.92. The van der Waals surface area contributed by atoms with E-state index >= 15 is 0 Å². The Morgan fingerprint density at radius 2 is 1.40 bits per heavy atom. The third-order valence-corrected chi connectivity index (χ3v) is 5.02. The van der Waals surface area contributed by atoms with Crippen LogP contribution in [0.3, 0.4) is 0 Å². The third kappa shape index (κ3) is 3.70. The van der Waals surface area contributed by atoms with Gasteiger partial charge in [-0.05, 0) is 36.4 Å². The number of nitrogens with two attached hydrogens (primary N) is 1. The number of hydrogen-bond donors (Lipinski definition) is 2. The summed E-state index contributed by atoms with van der Waals surface area (Å²) < 4.78 is 27.6. The van der Waals surface area contributed by atoms with Crippen molar-refractivity contribution in [1.82, 2.24) is 0 Å². The van der Waals surface area contributed by atoms with E-state index in [9.17, 15) is 13.2 Å². The van der Waals surface area contributed by atoms with Crippen LogP contribution in [0, 0.1) is 0 Å². The zero-order valence-electron chi connectivity index (χ0n) is 13.2. The summed E-state index contributed by atoms with van der Waals surface area (Å²) in [7, 11) is -3.83. The van der Waals surface area contributed by atoms with Crippen molar-refractivity contribution in [2.45, 2.75) is 4.90 Å². The van der Waals surface area contributed by atoms with Crippen molar-refractivity contribution >= 4 is 27.2 Å². The molecule has 6 heteroatoms. The molecule has 0 atom stereocenters. The second kappa shape index (κ2) is 6.78. The highest BCUT2D eigenvalue weighted by Crippen LogP contribution is 2.23. The van der Waals surface area contributed by atoms with Gasteiger partial charge >= 0.3 is 0 Å². The lowest BCUT2D eigenvalue weighted by Crippen LogP contribution is -2.16. The van der Waals surface area contributed by atoms with Gasteiger partial charge in [-0.15, -0.1) is 0 Å². The Labute approximate surface area is 146 Å². The van der Waals surface area contributed by atoms with Gasteiger partial charge in [0, 0.05) is 16.8 Å². The monoisotopic (exact) mass is 352 g/mol. The van der Waals surface area contributed by atoms with Crippen LogP contribution in [0.5, 0.6) is 0 Å². The maximum Gasteiger partial charge on any atom is 0.261 e. The Bertz CT molecular complexity index is 998. The van der Waals surface area contributed by atoms with Gasteiger partial charge in [-0.25, -0.2) is 8.42 Å². The first-order valence-electron chi connectivity index (χ1n) is 7.54. The molecule has 0 amide bonds. The van der Waals surface area contributed by atoms with Crippen molar-refractivity contribution in [3.8, 4) is 0 Å². The molecule has 0 radical (unpaired) electrons. The van der Waals surface area contributed by atoms with Crippen LogP contribution in [0.15, 0.2) is 83.8 Å². The first kappa shape index (κ1) is 16.7. The van der Waals surface area contributed by atoms with E-state index in [0.29, 0.717) is 11.3 Å². The fourth-order valence-corrected chi connectivity index (χ4v) is 3.45. The third-order valence-electron chi connectivity index (χ3n) is 3.64. The average Bonchev–Trinajstić information content (AvgIpc) is 2.62. The van der Waals surface area contributed by atoms with E-state index in [1.54, 1.807) is 48.5 Å². The summed E-state index contributed by atoms with van der Waals surface area (Å²) in [6, 6.07) is 21.1. The molecule has 0 saturated heterocycles. The average molecular weight is 352 g/mol. The van der Waals surface area contributed by atoms with E-state index in [1.807, 2.05) is 6.07 Å². The number of nitrogens with one attached hydrogen (secondary N) is 1. The number of hydrogen-bond acceptors (Lipinski definition) is 4. The molecule has 126 valence electrons. The molecule has 0 spiro atoms. The summed E-state index contributed by atoms with van der Waals surface area (Å²) in [6.07, 6.45) is 0. The Hall–Kier alpha value is -3.12. The minimum atomic E-state index is -3.83. The molecule has 3 N–H and O–H groups in total. The maximum absolute atomic E-state index is 12.7. The van der Waals surface area contributed by atoms with E-state index in [2.05, 4.69) is 4.72 Å². The lowest BCUT2D eigenvalue weighted by molar-refractivity contribution is 0.103. The van der Waals surface area contributed by atoms with E-state index in [-0.39, 0.29) is 21.9 Å². The van der Waals surface area contributed by atoms with E-state index in [4.69, 9.17) is 5.73 Å². The van der Waals surface area contributed by atoms with Crippen LogP contribution in [-0.4, -0.2) is 14.2 Å². The largest absolute Gasteiger partial charge is 0.399 e. The molecule has 0 aliphatic rings. The van der Waals surface area contributed by atoms with Crippen LogP contribution in [0.1, 0.15) is 15.9 Å². The van der Waals surface area contributed by atoms with Gasteiger partial charge in [0.25, 0.3) is 10.0 Å². The Kier molecular flexibility index (Phi) is 4.54. The highest BCUT2D eigenvalue weighted by Gasteiger charge is 2.19. The molecule has 0 saturated carbocycles. The number of ketones is 1. The van der Waals surface area contributed by atoms with Gasteiger partial charge in [0.05, 0.1) is 10.6 Å². The molecule has 0 aliphatic carbocycles. The van der Waals surface area contributed by atoms with Gasteiger partial charge in [0.1, 0.15) is 0 Å². The van der Waals surface area contributed by atoms with Gasteiger partial charge in [0.2, 0.25) is 0 Å². The molecule has 3 aromatic carbocycles. The van der Waals surface area contributed by atoms with Crippen LogP contribution in [0.25, 0.3) is 0 Å². The second-order valence-corrected chi connectivity index (χ2v) is 7.10. The minimum Gasteiger partial charge on any atom is -0.399 e. The van der Waals surface area contributed by atoms with Crippen molar-refractivity contribution in [3.05, 3.63) is 90.0 Å². The summed E-state index contributed by atoms with van der Waals surface area (Å²) in [5.41, 5.74) is 7.06. The van der Waals surface area contributed by atoms with Crippen LogP contribution in [0.2, 0.25) is 0 Å². The van der Waals surface area contributed by atoms with Gasteiger partial charge in [0.15, 0.2) is 5.78 Å². The van der Waals surface area contributed by atoms with Crippen LogP contribution < -0.4 is 10.5 Å². The molecule has 0 aromatic heterocycles. The number of rotatable bonds is 5. The molecule has 25 heavy (non-hydrogen) atoms. The van der Waals surface area contributed by atoms with E-state index < -0.39 is 10.0 Å². The van der Waals surface area contributed by atoms with Gasteiger partial charge in [-0.3, -0.25) is 9.52 Å². The molecule has 5 nitrogen and oxygen atoms in total. The normalized spacial score (nSPS) is 11.0. The van der Waals surface area contributed by atoms with Crippen LogP contribution in [-0.2, 0) is 10.0 Å². The summed E-state index contributed by atoms with van der Waals surface area (Å²) in [6.45, 7) is 0. The molecule has 3 rings (SSSR count). The fraction of sp³-hybridized carbons (Fsp3) is 0. The van der Waals surface area contributed by atoms with Gasteiger partial charge < -0.3 is 5.73 Å². The number of benzene rings is 3. The quantitative estimate of drug-likeness (QED) is 0.545. The maximum atomic E-state index is 12.7. The second-order valence-electron chi connectivity index (χ2n) is 5.42. The molecule has 0 fully saturated rings. The summed E-state index contributed by atoms with van der Waals surface area (Å²) in [5, 5.41) is 0. The molecule has 0 unspecified atom stereocenters. The van der Waals surface area contributed by atoms with Crippen molar-refractivity contribution < 1.29 is 13.2 Å². The van der Waals surface area contributed by atoms with E-state index in [0.717, 1.165) is 0 Å². The first-order chi connectivity index (χ1) is 12.0. The smallest absolute Gasteiger partial charge is 0.261 e. The highest BCUT2D eigenvalue weighted by atomic mass is 32.2. The van der Waals surface area contributed by atoms with Crippen molar-refractivity contribution in [2.75, 3.05) is 10.5 Å². The Morgan fingerprint density at radius 1 is 0.800 bits per heavy atom. The van der Waals surface area contributed by atoms with Crippen LogP contribution in [0.4, 0.5) is 11.4 Å². The lowest BCUT2D eigenvalue weighted by atomic mass is 10.0. The predicted molar refractivity (Wildman–Crippen MR) is 98.0 cm³/mol. The standard InChI is InChI=1S/C19H16N2O3S/c20-15-10-12-16(13-11-15)25(23,24)21-18-9-5-4-8-17(18)19(22)14-6-2-1-3-7-14/h1-13,21H,20H2.